The molecule has 4 aliphatic carbocycles. The molecule has 184 valence electrons. The van der Waals surface area contributed by atoms with E-state index in [-0.39, 0.29) is 52.1 Å². The highest BCUT2D eigenvalue weighted by atomic mass is 16.5. The summed E-state index contributed by atoms with van der Waals surface area (Å²) in [6.07, 6.45) is 10.5. The van der Waals surface area contributed by atoms with E-state index in [4.69, 9.17) is 10.5 Å². The molecular weight excluding hydrogens is 416 g/mol. The molecule has 33 heavy (non-hydrogen) atoms. The number of fused-ring (bicyclic) bond motifs is 5. The van der Waals surface area contributed by atoms with Gasteiger partial charge in [-0.1, -0.05) is 32.9 Å². The highest BCUT2D eigenvalue weighted by Gasteiger charge is 2.78. The van der Waals surface area contributed by atoms with Crippen molar-refractivity contribution in [1.82, 2.24) is 15.0 Å². The Morgan fingerprint density at radius 2 is 1.91 bits per heavy atom. The second-order valence-corrected chi connectivity index (χ2v) is 12.6. The fourth-order valence-electron chi connectivity index (χ4n) is 9.71. The average molecular weight is 459 g/mol. The standard InChI is InChI=1S/C26H42N4O3/c1-22-9-7-18(31)14-17(22)6-11-26(27)24(3)10-8-19(20(32)16-30-13-12-28-29-30)23(24,2)15-21(33-5)25(22,26)4/h12-13,17-19,21,31H,6-11,14-16,27H2,1-5H3/t17-,18+,19+,21-,22-,23+,24+,25+,26+/m0/s1. The van der Waals surface area contributed by atoms with Gasteiger partial charge in [-0.2, -0.15) is 0 Å². The zero-order chi connectivity index (χ0) is 23.9. The number of hydrogen-bond donors (Lipinski definition) is 2. The number of methoxy groups -OCH3 is 1. The minimum Gasteiger partial charge on any atom is -0.393 e. The molecule has 4 fully saturated rings. The molecule has 4 saturated carbocycles. The number of carbonyl (C=O) groups excluding carboxylic acids is 1. The molecule has 1 heterocycles. The number of aliphatic hydroxyl groups is 1. The van der Waals surface area contributed by atoms with Crippen molar-refractivity contribution in [3.05, 3.63) is 12.4 Å². The zero-order valence-corrected chi connectivity index (χ0v) is 21.0. The van der Waals surface area contributed by atoms with E-state index in [1.807, 2.05) is 7.11 Å². The number of nitrogens with two attached hydrogens (primary N) is 1. The SMILES string of the molecule is CO[C@H]1C[C@]2(C)[C@@H](C(=O)Cn3ccnn3)CC[C@@]2(C)[C@]2(N)CC[C@H]3C[C@H](O)CC[C@]3(C)[C@@]12C. The molecule has 0 saturated heterocycles. The third kappa shape index (κ3) is 2.70. The molecule has 0 radical (unpaired) electrons. The third-order valence-corrected chi connectivity index (χ3v) is 12.1. The molecule has 7 nitrogen and oxygen atoms in total. The molecule has 0 bridgehead atoms. The molecule has 0 aromatic carbocycles. The Kier molecular flexibility index (Phi) is 5.22. The van der Waals surface area contributed by atoms with E-state index in [1.165, 1.54) is 0 Å². The van der Waals surface area contributed by atoms with Crippen LogP contribution < -0.4 is 5.73 Å². The molecule has 4 aliphatic rings. The Balaban J connectivity index is 1.57. The summed E-state index contributed by atoms with van der Waals surface area (Å²) in [4.78, 5) is 13.6. The van der Waals surface area contributed by atoms with Gasteiger partial charge in [-0.3, -0.25) is 4.79 Å². The number of carbonyl (C=O) groups is 1. The first-order chi connectivity index (χ1) is 15.5. The Hall–Kier alpha value is -1.31. The van der Waals surface area contributed by atoms with E-state index in [0.717, 1.165) is 51.4 Å². The summed E-state index contributed by atoms with van der Waals surface area (Å²) in [5, 5.41) is 18.4. The Morgan fingerprint density at radius 1 is 1.15 bits per heavy atom. The van der Waals surface area contributed by atoms with Crippen LogP contribution in [-0.2, 0) is 16.1 Å². The molecule has 7 heteroatoms. The maximum absolute atomic E-state index is 13.6. The first kappa shape index (κ1) is 23.4. The van der Waals surface area contributed by atoms with Gasteiger partial charge >= 0.3 is 0 Å². The number of aromatic nitrogens is 3. The topological polar surface area (TPSA) is 103 Å². The molecule has 9 atom stereocenters. The van der Waals surface area contributed by atoms with Crippen molar-refractivity contribution in [1.29, 1.82) is 0 Å². The lowest BCUT2D eigenvalue weighted by Crippen LogP contribution is -2.81. The second kappa shape index (κ2) is 7.34. The number of rotatable bonds is 4. The van der Waals surface area contributed by atoms with Crippen molar-refractivity contribution >= 4 is 5.78 Å². The first-order valence-corrected chi connectivity index (χ1v) is 12.8. The van der Waals surface area contributed by atoms with E-state index >= 15 is 0 Å². The normalized spacial score (nSPS) is 51.5. The predicted molar refractivity (Wildman–Crippen MR) is 125 cm³/mol. The molecule has 1 aromatic heterocycles. The summed E-state index contributed by atoms with van der Waals surface area (Å²) in [6, 6.07) is 0. The van der Waals surface area contributed by atoms with Crippen LogP contribution in [0.2, 0.25) is 0 Å². The van der Waals surface area contributed by atoms with Gasteiger partial charge in [0.05, 0.1) is 18.4 Å². The second-order valence-electron chi connectivity index (χ2n) is 12.6. The van der Waals surface area contributed by atoms with Crippen molar-refractivity contribution in [3.8, 4) is 0 Å². The van der Waals surface area contributed by atoms with Crippen molar-refractivity contribution in [3.63, 3.8) is 0 Å². The lowest BCUT2D eigenvalue weighted by molar-refractivity contribution is -0.276. The summed E-state index contributed by atoms with van der Waals surface area (Å²) in [5.41, 5.74) is 6.64. The minimum atomic E-state index is -0.441. The zero-order valence-electron chi connectivity index (χ0n) is 21.0. The van der Waals surface area contributed by atoms with Crippen molar-refractivity contribution in [2.24, 2.45) is 39.2 Å². The number of aliphatic hydroxyl groups excluding tert-OH is 1. The van der Waals surface area contributed by atoms with Crippen LogP contribution in [0.5, 0.6) is 0 Å². The van der Waals surface area contributed by atoms with Crippen molar-refractivity contribution < 1.29 is 14.6 Å². The van der Waals surface area contributed by atoms with E-state index in [0.29, 0.717) is 5.92 Å². The van der Waals surface area contributed by atoms with Gasteiger partial charge in [-0.05, 0) is 73.5 Å². The van der Waals surface area contributed by atoms with Gasteiger partial charge in [0.2, 0.25) is 0 Å². The van der Waals surface area contributed by atoms with Gasteiger partial charge < -0.3 is 15.6 Å². The quantitative estimate of drug-likeness (QED) is 0.717. The number of hydrogen-bond acceptors (Lipinski definition) is 6. The van der Waals surface area contributed by atoms with E-state index in [2.05, 4.69) is 38.0 Å². The fraction of sp³-hybridized carbons (Fsp3) is 0.885. The Labute approximate surface area is 197 Å². The summed E-state index contributed by atoms with van der Waals surface area (Å²) < 4.78 is 7.98. The van der Waals surface area contributed by atoms with E-state index < -0.39 is 5.54 Å². The lowest BCUT2D eigenvalue weighted by Gasteiger charge is -2.76. The van der Waals surface area contributed by atoms with Crippen LogP contribution >= 0.6 is 0 Å². The first-order valence-electron chi connectivity index (χ1n) is 12.8. The molecule has 3 N–H and O–H groups in total. The molecule has 0 amide bonds. The van der Waals surface area contributed by atoms with Crippen LogP contribution in [0, 0.1) is 33.5 Å². The van der Waals surface area contributed by atoms with Gasteiger partial charge in [0.15, 0.2) is 5.78 Å². The van der Waals surface area contributed by atoms with E-state index in [9.17, 15) is 9.90 Å². The van der Waals surface area contributed by atoms with Crippen LogP contribution in [-0.4, -0.2) is 50.7 Å². The van der Waals surface area contributed by atoms with Crippen LogP contribution in [0.4, 0.5) is 0 Å². The van der Waals surface area contributed by atoms with Crippen molar-refractivity contribution in [2.45, 2.75) is 103 Å². The maximum Gasteiger partial charge on any atom is 0.157 e. The van der Waals surface area contributed by atoms with Gasteiger partial charge in [-0.15, -0.1) is 5.10 Å². The largest absolute Gasteiger partial charge is 0.393 e. The van der Waals surface area contributed by atoms with Gasteiger partial charge in [-0.25, -0.2) is 4.68 Å². The summed E-state index contributed by atoms with van der Waals surface area (Å²) in [5.74, 6) is 0.627. The van der Waals surface area contributed by atoms with Gasteiger partial charge in [0.25, 0.3) is 0 Å². The molecule has 1 aromatic rings. The predicted octanol–water partition coefficient (Wildman–Crippen LogP) is 3.35. The van der Waals surface area contributed by atoms with Crippen LogP contribution in [0.1, 0.15) is 79.1 Å². The fourth-order valence-corrected chi connectivity index (χ4v) is 9.71. The molecule has 0 spiro atoms. The number of ether oxygens (including phenoxy) is 1. The highest BCUT2D eigenvalue weighted by Crippen LogP contribution is 2.77. The maximum atomic E-state index is 13.6. The molecule has 0 unspecified atom stereocenters. The molecule has 0 aliphatic heterocycles. The van der Waals surface area contributed by atoms with Crippen molar-refractivity contribution in [2.75, 3.05) is 7.11 Å². The summed E-state index contributed by atoms with van der Waals surface area (Å²) in [7, 11) is 1.83. The van der Waals surface area contributed by atoms with Gasteiger partial charge in [0, 0.05) is 30.2 Å². The monoisotopic (exact) mass is 458 g/mol. The summed E-state index contributed by atoms with van der Waals surface area (Å²) in [6.45, 7) is 9.76. The Bertz CT molecular complexity index is 923. The Morgan fingerprint density at radius 3 is 2.58 bits per heavy atom. The number of Topliss-reactive ketones (excluding diaryl/α,β-unsaturated/α-hetero) is 1. The number of ketones is 1. The summed E-state index contributed by atoms with van der Waals surface area (Å²) >= 11 is 0. The van der Waals surface area contributed by atoms with E-state index in [1.54, 1.807) is 17.1 Å². The smallest absolute Gasteiger partial charge is 0.157 e. The molecular formula is C26H42N4O3. The molecule has 5 rings (SSSR count). The van der Waals surface area contributed by atoms with Crippen LogP contribution in [0.3, 0.4) is 0 Å². The average Bonchev–Trinajstić information content (AvgIpc) is 3.37. The number of nitrogens with zero attached hydrogens (tertiary/aromatic N) is 3. The van der Waals surface area contributed by atoms with Crippen LogP contribution in [0.15, 0.2) is 12.4 Å². The minimum absolute atomic E-state index is 0.00702. The lowest BCUT2D eigenvalue weighted by atomic mass is 9.31. The highest BCUT2D eigenvalue weighted by molar-refractivity contribution is 5.82. The third-order valence-electron chi connectivity index (χ3n) is 12.1. The van der Waals surface area contributed by atoms with Crippen LogP contribution in [0.25, 0.3) is 0 Å². The van der Waals surface area contributed by atoms with Gasteiger partial charge in [0.1, 0.15) is 6.54 Å².